The molecule has 5 nitrogen and oxygen atoms in total. The van der Waals surface area contributed by atoms with E-state index in [4.69, 9.17) is 4.74 Å². The van der Waals surface area contributed by atoms with E-state index in [-0.39, 0.29) is 5.90 Å². The number of benzene rings is 1. The lowest BCUT2D eigenvalue weighted by atomic mass is 10.1. The van der Waals surface area contributed by atoms with Gasteiger partial charge in [-0.05, 0) is 37.1 Å². The summed E-state index contributed by atoms with van der Waals surface area (Å²) in [5.41, 5.74) is 3.26. The molecule has 0 bridgehead atoms. The highest BCUT2D eigenvalue weighted by Crippen LogP contribution is 2.15. The lowest BCUT2D eigenvalue weighted by molar-refractivity contribution is 0.413. The van der Waals surface area contributed by atoms with Gasteiger partial charge in [-0.2, -0.15) is 0 Å². The van der Waals surface area contributed by atoms with Gasteiger partial charge in [0.15, 0.2) is 0 Å². The van der Waals surface area contributed by atoms with Crippen molar-refractivity contribution < 1.29 is 8.95 Å². The van der Waals surface area contributed by atoms with Crippen LogP contribution in [0, 0.1) is 13.8 Å². The summed E-state index contributed by atoms with van der Waals surface area (Å²) in [6.45, 7) is 4.07. The fraction of sp³-hybridized carbons (Fsp3) is 0.273. The van der Waals surface area contributed by atoms with Gasteiger partial charge < -0.3 is 10.1 Å². The zero-order valence-electron chi connectivity index (χ0n) is 9.85. The third-order valence-electron chi connectivity index (χ3n) is 2.50. The van der Waals surface area contributed by atoms with Crippen LogP contribution >= 0.6 is 0 Å². The lowest BCUT2D eigenvalue weighted by Crippen LogP contribution is -2.22. The third-order valence-corrected chi connectivity index (χ3v) is 3.16. The van der Waals surface area contributed by atoms with E-state index in [1.165, 1.54) is 18.2 Å². The van der Waals surface area contributed by atoms with Crippen LogP contribution in [0.25, 0.3) is 0 Å². The Hall–Kier alpha value is -1.69. The van der Waals surface area contributed by atoms with Crippen molar-refractivity contribution in [2.75, 3.05) is 12.4 Å². The highest BCUT2D eigenvalue weighted by molar-refractivity contribution is 7.83. The molecule has 6 heteroatoms. The molecule has 0 radical (unpaired) electrons. The average molecular weight is 251 g/mol. The molecule has 1 atom stereocenters. The average Bonchev–Trinajstić information content (AvgIpc) is 2.64. The first-order valence-corrected chi connectivity index (χ1v) is 6.14. The molecule has 1 N–H and O–H groups in total. The molecule has 1 aliphatic heterocycles. The molecule has 1 aromatic rings. The minimum absolute atomic E-state index is 0.265. The van der Waals surface area contributed by atoms with Gasteiger partial charge in [-0.1, -0.05) is 6.07 Å². The maximum absolute atomic E-state index is 11.2. The van der Waals surface area contributed by atoms with Crippen molar-refractivity contribution in [2.45, 2.75) is 13.8 Å². The fourth-order valence-electron chi connectivity index (χ4n) is 1.42. The van der Waals surface area contributed by atoms with Gasteiger partial charge in [0.05, 0.1) is 7.11 Å². The first-order valence-electron chi connectivity index (χ1n) is 5.08. The van der Waals surface area contributed by atoms with E-state index < -0.39 is 11.2 Å². The quantitative estimate of drug-likeness (QED) is 0.827. The topological polar surface area (TPSA) is 63.0 Å². The molecular formula is C11H13N3O2S. The Bertz CT molecular complexity index is 538. The predicted octanol–water partition coefficient (Wildman–Crippen LogP) is 1.75. The summed E-state index contributed by atoms with van der Waals surface area (Å²) in [4.78, 5) is 0. The molecule has 2 rings (SSSR count). The summed E-state index contributed by atoms with van der Waals surface area (Å²) in [5, 5.41) is 3.04. The van der Waals surface area contributed by atoms with Crippen LogP contribution in [0.2, 0.25) is 0 Å². The molecule has 0 aliphatic carbocycles. The number of rotatable bonds is 1. The predicted molar refractivity (Wildman–Crippen MR) is 69.6 cm³/mol. The first kappa shape index (κ1) is 11.8. The minimum atomic E-state index is -1.58. The largest absolute Gasteiger partial charge is 0.478 e. The van der Waals surface area contributed by atoms with Crippen molar-refractivity contribution in [1.29, 1.82) is 0 Å². The number of anilines is 1. The fourth-order valence-corrected chi connectivity index (χ4v) is 2.04. The summed E-state index contributed by atoms with van der Waals surface area (Å²) in [6, 6.07) is 5.93. The van der Waals surface area contributed by atoms with Crippen LogP contribution in [0.1, 0.15) is 11.1 Å². The summed E-state index contributed by atoms with van der Waals surface area (Å²) in [6.07, 6.45) is 0. The Morgan fingerprint density at radius 2 is 2.00 bits per heavy atom. The molecule has 17 heavy (non-hydrogen) atoms. The zero-order valence-corrected chi connectivity index (χ0v) is 10.7. The molecule has 0 saturated carbocycles. The van der Waals surface area contributed by atoms with Crippen LogP contribution in [-0.2, 0) is 15.9 Å². The molecule has 1 aliphatic rings. The number of amidine groups is 1. The highest BCUT2D eigenvalue weighted by atomic mass is 32.2. The number of aryl methyl sites for hydroxylation is 2. The number of hydrogen-bond donors (Lipinski definition) is 1. The maximum Gasteiger partial charge on any atom is 0.271 e. The molecular weight excluding hydrogens is 238 g/mol. The van der Waals surface area contributed by atoms with Gasteiger partial charge >= 0.3 is 0 Å². The van der Waals surface area contributed by atoms with Crippen molar-refractivity contribution in [2.24, 2.45) is 8.80 Å². The zero-order chi connectivity index (χ0) is 12.4. The van der Waals surface area contributed by atoms with Gasteiger partial charge in [0.1, 0.15) is 0 Å². The van der Waals surface area contributed by atoms with E-state index in [9.17, 15) is 4.21 Å². The number of methoxy groups -OCH3 is 1. The maximum atomic E-state index is 11.2. The van der Waals surface area contributed by atoms with Gasteiger partial charge in [0.2, 0.25) is 5.84 Å². The van der Waals surface area contributed by atoms with E-state index in [1.807, 2.05) is 32.0 Å². The Balaban J connectivity index is 2.22. The lowest BCUT2D eigenvalue weighted by Gasteiger charge is -2.08. The molecule has 1 heterocycles. The molecule has 1 unspecified atom stereocenters. The molecule has 0 fully saturated rings. The second-order valence-corrected chi connectivity index (χ2v) is 4.52. The van der Waals surface area contributed by atoms with Crippen LogP contribution in [-0.4, -0.2) is 23.1 Å². The van der Waals surface area contributed by atoms with Crippen molar-refractivity contribution in [3.8, 4) is 0 Å². The number of nitrogens with one attached hydrogen (secondary N) is 1. The molecule has 90 valence electrons. The van der Waals surface area contributed by atoms with E-state index in [0.29, 0.717) is 5.84 Å². The van der Waals surface area contributed by atoms with Crippen LogP contribution in [0.4, 0.5) is 5.69 Å². The molecule has 0 amide bonds. The summed E-state index contributed by atoms with van der Waals surface area (Å²) in [7, 11) is 1.47. The normalized spacial score (nSPS) is 18.6. The van der Waals surface area contributed by atoms with Crippen LogP contribution in [0.15, 0.2) is 27.0 Å². The van der Waals surface area contributed by atoms with Crippen molar-refractivity contribution >= 4 is 28.6 Å². The monoisotopic (exact) mass is 251 g/mol. The van der Waals surface area contributed by atoms with Crippen molar-refractivity contribution in [3.05, 3.63) is 29.3 Å². The van der Waals surface area contributed by atoms with E-state index >= 15 is 0 Å². The van der Waals surface area contributed by atoms with E-state index in [1.54, 1.807) is 0 Å². The number of hydrogen-bond acceptors (Lipinski definition) is 3. The van der Waals surface area contributed by atoms with Crippen molar-refractivity contribution in [3.63, 3.8) is 0 Å². The number of nitrogens with zero attached hydrogens (tertiary/aromatic N) is 2. The third kappa shape index (κ3) is 2.52. The summed E-state index contributed by atoms with van der Waals surface area (Å²) >= 11 is -1.58. The van der Waals surface area contributed by atoms with E-state index in [0.717, 1.165) is 5.69 Å². The van der Waals surface area contributed by atoms with Crippen molar-refractivity contribution in [1.82, 2.24) is 0 Å². The standard InChI is InChI=1S/C11H13N3O2S/c1-7-4-5-9(6-8(7)2)12-10-11(16-3)14-17(15)13-10/h4-6H,1-3H3,(H,12,13). The Morgan fingerprint density at radius 3 is 2.65 bits per heavy atom. The minimum Gasteiger partial charge on any atom is -0.478 e. The van der Waals surface area contributed by atoms with Gasteiger partial charge in [-0.3, -0.25) is 0 Å². The summed E-state index contributed by atoms with van der Waals surface area (Å²) < 4.78 is 23.7. The van der Waals surface area contributed by atoms with Gasteiger partial charge in [-0.25, -0.2) is 4.21 Å². The Morgan fingerprint density at radius 1 is 1.24 bits per heavy atom. The van der Waals surface area contributed by atoms with Crippen LogP contribution in [0.5, 0.6) is 0 Å². The molecule has 0 spiro atoms. The number of ether oxygens (including phenoxy) is 1. The van der Waals surface area contributed by atoms with Gasteiger partial charge in [-0.15, -0.1) is 8.80 Å². The second kappa shape index (κ2) is 4.67. The highest BCUT2D eigenvalue weighted by Gasteiger charge is 2.19. The Labute approximate surface area is 102 Å². The molecule has 0 saturated heterocycles. The summed E-state index contributed by atoms with van der Waals surface area (Å²) in [5.74, 6) is 0.663. The van der Waals surface area contributed by atoms with Crippen LogP contribution in [0.3, 0.4) is 0 Å². The van der Waals surface area contributed by atoms with Gasteiger partial charge in [0, 0.05) is 5.69 Å². The first-order chi connectivity index (χ1) is 8.10. The smallest absolute Gasteiger partial charge is 0.271 e. The Kier molecular flexibility index (Phi) is 3.23. The van der Waals surface area contributed by atoms with Crippen LogP contribution < -0.4 is 5.32 Å². The second-order valence-electron chi connectivity index (χ2n) is 3.70. The van der Waals surface area contributed by atoms with Gasteiger partial charge in [0.25, 0.3) is 17.1 Å². The molecule has 1 aromatic carbocycles. The SMILES string of the molecule is COC1=NS(=O)N=C1Nc1ccc(C)c(C)c1. The molecule has 0 aromatic heterocycles. The van der Waals surface area contributed by atoms with E-state index in [2.05, 4.69) is 14.1 Å².